The third-order valence-corrected chi connectivity index (χ3v) is 4.33. The molecule has 0 aliphatic rings. The molecule has 1 atom stereocenters. The van der Waals surface area contributed by atoms with Crippen molar-refractivity contribution in [3.63, 3.8) is 0 Å². The van der Waals surface area contributed by atoms with E-state index in [-0.39, 0.29) is 11.5 Å². The van der Waals surface area contributed by atoms with E-state index >= 15 is 0 Å². The van der Waals surface area contributed by atoms with E-state index in [4.69, 9.17) is 13.9 Å². The Morgan fingerprint density at radius 1 is 1.00 bits per heavy atom. The van der Waals surface area contributed by atoms with Crippen molar-refractivity contribution in [2.45, 2.75) is 13.1 Å². The third kappa shape index (κ3) is 4.76. The first-order chi connectivity index (χ1) is 14.0. The molecule has 3 rings (SSSR count). The Hall–Kier alpha value is -3.74. The van der Waals surface area contributed by atoms with E-state index in [1.165, 1.54) is 19.4 Å². The van der Waals surface area contributed by atoms with E-state index in [0.29, 0.717) is 22.7 Å². The maximum Gasteiger partial charge on any atom is 0.288 e. The summed E-state index contributed by atoms with van der Waals surface area (Å²) >= 11 is 0. The zero-order valence-electron chi connectivity index (χ0n) is 16.4. The van der Waals surface area contributed by atoms with E-state index in [1.54, 1.807) is 43.5 Å². The summed E-state index contributed by atoms with van der Waals surface area (Å²) in [7, 11) is 3.06. The van der Waals surface area contributed by atoms with Crippen LogP contribution in [0.5, 0.6) is 11.5 Å². The van der Waals surface area contributed by atoms with Crippen LogP contribution < -0.4 is 20.1 Å². The Morgan fingerprint density at radius 2 is 1.76 bits per heavy atom. The molecule has 29 heavy (non-hydrogen) atoms. The molecular weight excluding hydrogens is 372 g/mol. The fourth-order valence-corrected chi connectivity index (χ4v) is 2.73. The Kier molecular flexibility index (Phi) is 6.19. The van der Waals surface area contributed by atoms with E-state index in [1.807, 2.05) is 19.1 Å². The summed E-state index contributed by atoms with van der Waals surface area (Å²) in [6.07, 6.45) is 0.351. The van der Waals surface area contributed by atoms with Crippen molar-refractivity contribution in [1.29, 1.82) is 0 Å². The number of Topliss-reactive ketones (excluding diaryl/α,β-unsaturated/α-hetero) is 1. The topological polar surface area (TPSA) is 89.8 Å². The van der Waals surface area contributed by atoms with Crippen LogP contribution in [-0.2, 0) is 0 Å². The van der Waals surface area contributed by atoms with Crippen LogP contribution in [0.1, 0.15) is 26.5 Å². The summed E-state index contributed by atoms with van der Waals surface area (Å²) in [5.41, 5.74) is 2.02. The molecule has 0 aliphatic carbocycles. The minimum atomic E-state index is -1.04. The second-order valence-electron chi connectivity index (χ2n) is 6.32. The van der Waals surface area contributed by atoms with Crippen LogP contribution in [0.4, 0.5) is 5.69 Å². The molecule has 1 heterocycles. The van der Waals surface area contributed by atoms with E-state index < -0.39 is 12.1 Å². The first-order valence-electron chi connectivity index (χ1n) is 8.95. The minimum absolute atomic E-state index is 0.107. The van der Waals surface area contributed by atoms with Gasteiger partial charge in [0, 0.05) is 11.6 Å². The second-order valence-corrected chi connectivity index (χ2v) is 6.32. The molecule has 0 aliphatic heterocycles. The molecular formula is C22H22N2O5. The van der Waals surface area contributed by atoms with Gasteiger partial charge in [0.25, 0.3) is 5.91 Å². The van der Waals surface area contributed by atoms with Gasteiger partial charge in [-0.25, -0.2) is 0 Å². The van der Waals surface area contributed by atoms with Crippen LogP contribution in [0.2, 0.25) is 0 Å². The van der Waals surface area contributed by atoms with Crippen molar-refractivity contribution < 1.29 is 23.5 Å². The molecule has 0 spiro atoms. The van der Waals surface area contributed by atoms with Gasteiger partial charge < -0.3 is 24.5 Å². The lowest BCUT2D eigenvalue weighted by Gasteiger charge is -2.21. The van der Waals surface area contributed by atoms with Gasteiger partial charge in [0.05, 0.1) is 26.2 Å². The number of carbonyl (C=O) groups is 2. The van der Waals surface area contributed by atoms with Gasteiger partial charge >= 0.3 is 0 Å². The number of benzene rings is 2. The van der Waals surface area contributed by atoms with Crippen LogP contribution in [0, 0.1) is 6.92 Å². The number of aryl methyl sites for hydroxylation is 1. The number of rotatable bonds is 8. The average molecular weight is 394 g/mol. The van der Waals surface area contributed by atoms with Crippen LogP contribution in [-0.4, -0.2) is 32.1 Å². The SMILES string of the molecule is COc1ccc(NC(NC(=O)c2ccco2)C(=O)c2ccc(C)cc2)c(OC)c1. The number of anilines is 1. The summed E-state index contributed by atoms with van der Waals surface area (Å²) in [6, 6.07) is 15.4. The second kappa shape index (κ2) is 8.97. The number of hydrogen-bond donors (Lipinski definition) is 2. The molecule has 0 fully saturated rings. The van der Waals surface area contributed by atoms with Gasteiger partial charge in [0.2, 0.25) is 5.78 Å². The van der Waals surface area contributed by atoms with Crippen LogP contribution >= 0.6 is 0 Å². The molecule has 7 nitrogen and oxygen atoms in total. The monoisotopic (exact) mass is 394 g/mol. The fraction of sp³-hybridized carbons (Fsp3) is 0.182. The zero-order chi connectivity index (χ0) is 20.8. The highest BCUT2D eigenvalue weighted by atomic mass is 16.5. The lowest BCUT2D eigenvalue weighted by atomic mass is 10.1. The molecule has 2 N–H and O–H groups in total. The van der Waals surface area contributed by atoms with Gasteiger partial charge in [-0.2, -0.15) is 0 Å². The van der Waals surface area contributed by atoms with Gasteiger partial charge in [-0.05, 0) is 31.2 Å². The van der Waals surface area contributed by atoms with Gasteiger partial charge in [-0.15, -0.1) is 0 Å². The Morgan fingerprint density at radius 3 is 2.38 bits per heavy atom. The third-order valence-electron chi connectivity index (χ3n) is 4.33. The van der Waals surface area contributed by atoms with E-state index in [0.717, 1.165) is 5.56 Å². The molecule has 1 amide bonds. The first-order valence-corrected chi connectivity index (χ1v) is 8.95. The highest BCUT2D eigenvalue weighted by Gasteiger charge is 2.25. The Bertz CT molecular complexity index is 981. The van der Waals surface area contributed by atoms with Crippen molar-refractivity contribution in [3.05, 3.63) is 77.7 Å². The molecule has 2 aromatic carbocycles. The maximum atomic E-state index is 13.1. The van der Waals surface area contributed by atoms with Crippen molar-refractivity contribution in [3.8, 4) is 11.5 Å². The number of amides is 1. The van der Waals surface area contributed by atoms with E-state index in [2.05, 4.69) is 10.6 Å². The number of carbonyl (C=O) groups excluding carboxylic acids is 2. The molecule has 3 aromatic rings. The number of nitrogens with one attached hydrogen (secondary N) is 2. The highest BCUT2D eigenvalue weighted by molar-refractivity contribution is 6.05. The van der Waals surface area contributed by atoms with E-state index in [9.17, 15) is 9.59 Å². The molecule has 1 unspecified atom stereocenters. The van der Waals surface area contributed by atoms with Crippen LogP contribution in [0.3, 0.4) is 0 Å². The van der Waals surface area contributed by atoms with Crippen LogP contribution in [0.15, 0.2) is 65.3 Å². The predicted molar refractivity (Wildman–Crippen MR) is 109 cm³/mol. The number of methoxy groups -OCH3 is 2. The predicted octanol–water partition coefficient (Wildman–Crippen LogP) is 3.66. The zero-order valence-corrected chi connectivity index (χ0v) is 16.4. The molecule has 1 aromatic heterocycles. The quantitative estimate of drug-likeness (QED) is 0.448. The van der Waals surface area contributed by atoms with Crippen molar-refractivity contribution in [2.75, 3.05) is 19.5 Å². The standard InChI is InChI=1S/C22H22N2O5/c1-14-6-8-15(9-7-14)20(25)21(24-22(26)18-5-4-12-29-18)23-17-11-10-16(27-2)13-19(17)28-3/h4-13,21,23H,1-3H3,(H,24,26). The van der Waals surface area contributed by atoms with Crippen LogP contribution in [0.25, 0.3) is 0 Å². The smallest absolute Gasteiger partial charge is 0.288 e. The van der Waals surface area contributed by atoms with Gasteiger partial charge in [-0.1, -0.05) is 29.8 Å². The summed E-state index contributed by atoms with van der Waals surface area (Å²) in [5.74, 6) is 0.366. The lowest BCUT2D eigenvalue weighted by Crippen LogP contribution is -2.46. The molecule has 150 valence electrons. The normalized spacial score (nSPS) is 11.4. The number of furan rings is 1. The van der Waals surface area contributed by atoms with Gasteiger partial charge in [0.1, 0.15) is 11.5 Å². The molecule has 7 heteroatoms. The summed E-state index contributed by atoms with van der Waals surface area (Å²) in [4.78, 5) is 25.6. The largest absolute Gasteiger partial charge is 0.497 e. The molecule has 0 radical (unpaired) electrons. The van der Waals surface area contributed by atoms with Crippen molar-refractivity contribution in [1.82, 2.24) is 5.32 Å². The van der Waals surface area contributed by atoms with Crippen molar-refractivity contribution >= 4 is 17.4 Å². The van der Waals surface area contributed by atoms with Gasteiger partial charge in [0.15, 0.2) is 11.9 Å². The van der Waals surface area contributed by atoms with Gasteiger partial charge in [-0.3, -0.25) is 9.59 Å². The van der Waals surface area contributed by atoms with Crippen molar-refractivity contribution in [2.24, 2.45) is 0 Å². The number of ether oxygens (including phenoxy) is 2. The molecule has 0 saturated carbocycles. The summed E-state index contributed by atoms with van der Waals surface area (Å²) in [6.45, 7) is 1.94. The fourth-order valence-electron chi connectivity index (χ4n) is 2.73. The summed E-state index contributed by atoms with van der Waals surface area (Å²) in [5, 5.41) is 5.73. The number of ketones is 1. The first kappa shape index (κ1) is 20.0. The minimum Gasteiger partial charge on any atom is -0.497 e. The highest BCUT2D eigenvalue weighted by Crippen LogP contribution is 2.29. The maximum absolute atomic E-state index is 13.1. The molecule has 0 saturated heterocycles. The Balaban J connectivity index is 1.90. The molecule has 0 bridgehead atoms. The average Bonchev–Trinajstić information content (AvgIpc) is 3.28. The lowest BCUT2D eigenvalue weighted by molar-refractivity contribution is 0.0852. The number of hydrogen-bond acceptors (Lipinski definition) is 6. The Labute approximate surface area is 168 Å². The summed E-state index contributed by atoms with van der Waals surface area (Å²) < 4.78 is 15.7.